The van der Waals surface area contributed by atoms with Crippen molar-refractivity contribution in [3.63, 3.8) is 0 Å². The number of nitrogens with two attached hydrogens (primary N) is 1. The number of rotatable bonds is 2. The molecule has 5 heteroatoms. The Bertz CT molecular complexity index is 263. The molecule has 1 rings (SSSR count). The van der Waals surface area contributed by atoms with Gasteiger partial charge < -0.3 is 15.7 Å². The summed E-state index contributed by atoms with van der Waals surface area (Å²) in [5, 5.41) is 8.99. The first kappa shape index (κ1) is 10.8. The summed E-state index contributed by atoms with van der Waals surface area (Å²) in [5.74, 6) is -0.832. The molecule has 0 saturated carbocycles. The molecule has 1 fully saturated rings. The Kier molecular flexibility index (Phi) is 2.69. The standard InChI is InChI=1S/C9H16N2O3/c1-9(2,7(12)13)6-3-4-11(5-6)8(10)14/h6H,3-5H2,1-2H3,(H2,10,14)(H,12,13). The first-order valence-electron chi connectivity index (χ1n) is 4.63. The van der Waals surface area contributed by atoms with Crippen LogP contribution in [-0.4, -0.2) is 35.1 Å². The number of urea groups is 1. The maximum atomic E-state index is 10.9. The van der Waals surface area contributed by atoms with Gasteiger partial charge in [-0.15, -0.1) is 0 Å². The van der Waals surface area contributed by atoms with E-state index in [1.807, 2.05) is 0 Å². The fourth-order valence-corrected chi connectivity index (χ4v) is 1.72. The average Bonchev–Trinajstić information content (AvgIpc) is 2.51. The number of carboxylic acids is 1. The smallest absolute Gasteiger partial charge is 0.314 e. The summed E-state index contributed by atoms with van der Waals surface area (Å²) in [6.45, 7) is 4.39. The van der Waals surface area contributed by atoms with E-state index in [-0.39, 0.29) is 5.92 Å². The molecule has 3 N–H and O–H groups in total. The van der Waals surface area contributed by atoms with Gasteiger partial charge in [0, 0.05) is 13.1 Å². The van der Waals surface area contributed by atoms with Crippen LogP contribution in [-0.2, 0) is 4.79 Å². The molecule has 0 aliphatic carbocycles. The van der Waals surface area contributed by atoms with E-state index in [9.17, 15) is 9.59 Å². The highest BCUT2D eigenvalue weighted by molar-refractivity contribution is 5.75. The number of nitrogens with zero attached hydrogens (tertiary/aromatic N) is 1. The zero-order valence-corrected chi connectivity index (χ0v) is 8.49. The molecule has 0 radical (unpaired) electrons. The van der Waals surface area contributed by atoms with Gasteiger partial charge in [0.2, 0.25) is 0 Å². The maximum absolute atomic E-state index is 10.9. The zero-order valence-electron chi connectivity index (χ0n) is 8.49. The van der Waals surface area contributed by atoms with Gasteiger partial charge in [0.15, 0.2) is 0 Å². The minimum Gasteiger partial charge on any atom is -0.481 e. The first-order chi connectivity index (χ1) is 6.35. The summed E-state index contributed by atoms with van der Waals surface area (Å²) in [5.41, 5.74) is 4.33. The predicted octanol–water partition coefficient (Wildman–Crippen LogP) is 0.498. The van der Waals surface area contributed by atoms with Crippen LogP contribution in [0.25, 0.3) is 0 Å². The predicted molar refractivity (Wildman–Crippen MR) is 50.7 cm³/mol. The minimum atomic E-state index is -0.825. The molecule has 2 amide bonds. The molecule has 80 valence electrons. The van der Waals surface area contributed by atoms with Crippen molar-refractivity contribution in [1.29, 1.82) is 0 Å². The van der Waals surface area contributed by atoms with Crippen molar-refractivity contribution in [3.05, 3.63) is 0 Å². The van der Waals surface area contributed by atoms with Crippen LogP contribution in [0.1, 0.15) is 20.3 Å². The van der Waals surface area contributed by atoms with Crippen molar-refractivity contribution >= 4 is 12.0 Å². The lowest BCUT2D eigenvalue weighted by atomic mass is 9.78. The molecule has 1 aliphatic heterocycles. The van der Waals surface area contributed by atoms with Crippen LogP contribution in [0, 0.1) is 11.3 Å². The number of likely N-dealkylation sites (tertiary alicyclic amines) is 1. The summed E-state index contributed by atoms with van der Waals surface area (Å²) < 4.78 is 0. The molecule has 0 aromatic rings. The minimum absolute atomic E-state index is 0.00694. The third-order valence-electron chi connectivity index (χ3n) is 3.07. The second kappa shape index (κ2) is 3.48. The van der Waals surface area contributed by atoms with Crippen molar-refractivity contribution in [2.75, 3.05) is 13.1 Å². The number of carboxylic acid groups (broad SMARTS) is 1. The molecule has 1 heterocycles. The third-order valence-corrected chi connectivity index (χ3v) is 3.07. The van der Waals surface area contributed by atoms with E-state index < -0.39 is 17.4 Å². The van der Waals surface area contributed by atoms with Crippen molar-refractivity contribution < 1.29 is 14.7 Å². The molecule has 1 unspecified atom stereocenters. The van der Waals surface area contributed by atoms with Crippen LogP contribution in [0.4, 0.5) is 4.79 Å². The molecule has 1 atom stereocenters. The van der Waals surface area contributed by atoms with Crippen molar-refractivity contribution in [2.45, 2.75) is 20.3 Å². The lowest BCUT2D eigenvalue weighted by Crippen LogP contribution is -2.38. The molecule has 0 spiro atoms. The van der Waals surface area contributed by atoms with Crippen LogP contribution >= 0.6 is 0 Å². The van der Waals surface area contributed by atoms with E-state index in [2.05, 4.69) is 0 Å². The van der Waals surface area contributed by atoms with Crippen LogP contribution in [0.2, 0.25) is 0 Å². The lowest BCUT2D eigenvalue weighted by Gasteiger charge is -2.26. The number of carbonyl (C=O) groups is 2. The second-order valence-electron chi connectivity index (χ2n) is 4.30. The monoisotopic (exact) mass is 200 g/mol. The van der Waals surface area contributed by atoms with Gasteiger partial charge in [-0.25, -0.2) is 4.79 Å². The van der Waals surface area contributed by atoms with Crippen LogP contribution in [0.15, 0.2) is 0 Å². The van der Waals surface area contributed by atoms with E-state index >= 15 is 0 Å². The number of carbonyl (C=O) groups excluding carboxylic acids is 1. The summed E-state index contributed by atoms with van der Waals surface area (Å²) in [7, 11) is 0. The number of hydrogen-bond donors (Lipinski definition) is 2. The van der Waals surface area contributed by atoms with Gasteiger partial charge in [-0.05, 0) is 26.2 Å². The van der Waals surface area contributed by atoms with Gasteiger partial charge in [0.05, 0.1) is 5.41 Å². The SMILES string of the molecule is CC(C)(C(=O)O)C1CCN(C(N)=O)C1. The van der Waals surface area contributed by atoms with Crippen molar-refractivity contribution in [3.8, 4) is 0 Å². The van der Waals surface area contributed by atoms with E-state index in [4.69, 9.17) is 10.8 Å². The Labute approximate surface area is 82.9 Å². The fraction of sp³-hybridized carbons (Fsp3) is 0.778. The third kappa shape index (κ3) is 1.81. The van der Waals surface area contributed by atoms with Gasteiger partial charge in [-0.3, -0.25) is 4.79 Å². The number of amides is 2. The molecule has 5 nitrogen and oxygen atoms in total. The van der Waals surface area contributed by atoms with E-state index in [1.54, 1.807) is 13.8 Å². The summed E-state index contributed by atoms with van der Waals surface area (Å²) in [6, 6.07) is -0.464. The average molecular weight is 200 g/mol. The van der Waals surface area contributed by atoms with Gasteiger partial charge in [0.1, 0.15) is 0 Å². The molecular weight excluding hydrogens is 184 g/mol. The number of hydrogen-bond acceptors (Lipinski definition) is 2. The van der Waals surface area contributed by atoms with Crippen LogP contribution in [0.5, 0.6) is 0 Å². The van der Waals surface area contributed by atoms with Crippen LogP contribution < -0.4 is 5.73 Å². The Morgan fingerprint density at radius 2 is 2.07 bits per heavy atom. The summed E-state index contributed by atoms with van der Waals surface area (Å²) >= 11 is 0. The largest absolute Gasteiger partial charge is 0.481 e. The molecule has 1 aliphatic rings. The number of primary amides is 1. The summed E-state index contributed by atoms with van der Waals surface area (Å²) in [4.78, 5) is 23.3. The van der Waals surface area contributed by atoms with E-state index in [0.29, 0.717) is 19.5 Å². The lowest BCUT2D eigenvalue weighted by molar-refractivity contribution is -0.149. The Balaban J connectivity index is 2.66. The highest BCUT2D eigenvalue weighted by Gasteiger charge is 2.41. The Morgan fingerprint density at radius 1 is 1.50 bits per heavy atom. The molecular formula is C9H16N2O3. The van der Waals surface area contributed by atoms with Crippen molar-refractivity contribution in [1.82, 2.24) is 4.90 Å². The highest BCUT2D eigenvalue weighted by Crippen LogP contribution is 2.34. The van der Waals surface area contributed by atoms with Crippen molar-refractivity contribution in [2.24, 2.45) is 17.1 Å². The molecule has 14 heavy (non-hydrogen) atoms. The van der Waals surface area contributed by atoms with Crippen LogP contribution in [0.3, 0.4) is 0 Å². The molecule has 1 saturated heterocycles. The second-order valence-corrected chi connectivity index (χ2v) is 4.30. The maximum Gasteiger partial charge on any atom is 0.314 e. The normalized spacial score (nSPS) is 22.4. The van der Waals surface area contributed by atoms with Gasteiger partial charge in [-0.2, -0.15) is 0 Å². The van der Waals surface area contributed by atoms with Gasteiger partial charge in [-0.1, -0.05) is 0 Å². The topological polar surface area (TPSA) is 83.6 Å². The zero-order chi connectivity index (χ0) is 10.9. The number of aliphatic carboxylic acids is 1. The Morgan fingerprint density at radius 3 is 2.43 bits per heavy atom. The quantitative estimate of drug-likeness (QED) is 0.680. The fourth-order valence-electron chi connectivity index (χ4n) is 1.72. The Hall–Kier alpha value is -1.26. The first-order valence-corrected chi connectivity index (χ1v) is 4.63. The molecule has 0 aromatic heterocycles. The molecule has 0 bridgehead atoms. The highest BCUT2D eigenvalue weighted by atomic mass is 16.4. The van der Waals surface area contributed by atoms with E-state index in [0.717, 1.165) is 0 Å². The molecule has 0 aromatic carbocycles. The van der Waals surface area contributed by atoms with E-state index in [1.165, 1.54) is 4.90 Å². The van der Waals surface area contributed by atoms with Gasteiger partial charge in [0.25, 0.3) is 0 Å². The summed E-state index contributed by atoms with van der Waals surface area (Å²) in [6.07, 6.45) is 0.711. The van der Waals surface area contributed by atoms with Gasteiger partial charge >= 0.3 is 12.0 Å².